The van der Waals surface area contributed by atoms with Gasteiger partial charge in [-0.15, -0.1) is 0 Å². The number of ether oxygens (including phenoxy) is 2. The van der Waals surface area contributed by atoms with Crippen molar-refractivity contribution in [3.63, 3.8) is 0 Å². The maximum atomic E-state index is 12.6. The number of hydrogen-bond donors (Lipinski definition) is 1. The number of carbonyl (C=O) groups is 1. The summed E-state index contributed by atoms with van der Waals surface area (Å²) in [6.45, 7) is 12.8. The third-order valence-electron chi connectivity index (χ3n) is 5.31. The Kier molecular flexibility index (Phi) is 8.58. The van der Waals surface area contributed by atoms with Crippen molar-refractivity contribution in [2.75, 3.05) is 38.2 Å². The van der Waals surface area contributed by atoms with Crippen molar-refractivity contribution < 1.29 is 14.3 Å². The standard InChI is InChI=1S/C22H36N2O3/c1-5-15-27-22(4,6-2)21(25)23-19-9-11-20(12-10-19)26-16-14-24-13-7-8-18(3)17-24/h9-12,18H,5-8,13-17H2,1-4H3,(H,23,25)/t18-,22-/m1/s1. The fourth-order valence-electron chi connectivity index (χ4n) is 3.34. The number of likely N-dealkylation sites (tertiary alicyclic amines) is 1. The summed E-state index contributed by atoms with van der Waals surface area (Å²) in [7, 11) is 0. The highest BCUT2D eigenvalue weighted by Crippen LogP contribution is 2.21. The highest BCUT2D eigenvalue weighted by molar-refractivity contribution is 5.97. The molecule has 1 fully saturated rings. The molecule has 2 atom stereocenters. The molecule has 27 heavy (non-hydrogen) atoms. The van der Waals surface area contributed by atoms with E-state index in [1.807, 2.05) is 45.0 Å². The fourth-order valence-corrected chi connectivity index (χ4v) is 3.34. The lowest BCUT2D eigenvalue weighted by Crippen LogP contribution is -2.42. The summed E-state index contributed by atoms with van der Waals surface area (Å²) in [6.07, 6.45) is 4.15. The van der Waals surface area contributed by atoms with Crippen LogP contribution in [0.5, 0.6) is 5.75 Å². The highest BCUT2D eigenvalue weighted by Gasteiger charge is 2.32. The molecule has 1 aliphatic heterocycles. The Morgan fingerprint density at radius 3 is 2.63 bits per heavy atom. The molecule has 0 radical (unpaired) electrons. The molecular formula is C22H36N2O3. The molecule has 0 aromatic heterocycles. The molecule has 1 N–H and O–H groups in total. The third-order valence-corrected chi connectivity index (χ3v) is 5.31. The van der Waals surface area contributed by atoms with Crippen LogP contribution in [0.4, 0.5) is 5.69 Å². The first-order valence-electron chi connectivity index (χ1n) is 10.4. The van der Waals surface area contributed by atoms with Gasteiger partial charge in [-0.1, -0.05) is 20.8 Å². The molecule has 0 bridgehead atoms. The number of benzene rings is 1. The van der Waals surface area contributed by atoms with Crippen molar-refractivity contribution in [1.29, 1.82) is 0 Å². The van der Waals surface area contributed by atoms with Crippen LogP contribution in [0, 0.1) is 5.92 Å². The Morgan fingerprint density at radius 2 is 2.00 bits per heavy atom. The number of anilines is 1. The predicted octanol–water partition coefficient (Wildman–Crippen LogP) is 4.33. The average Bonchev–Trinajstić information content (AvgIpc) is 2.67. The molecule has 5 heteroatoms. The van der Waals surface area contributed by atoms with E-state index in [0.717, 1.165) is 30.3 Å². The van der Waals surface area contributed by atoms with E-state index in [9.17, 15) is 4.79 Å². The van der Waals surface area contributed by atoms with Gasteiger partial charge in [-0.25, -0.2) is 0 Å². The summed E-state index contributed by atoms with van der Waals surface area (Å²) in [4.78, 5) is 15.0. The van der Waals surface area contributed by atoms with Gasteiger partial charge in [0.1, 0.15) is 18.0 Å². The van der Waals surface area contributed by atoms with Gasteiger partial charge in [-0.05, 0) is 69.3 Å². The van der Waals surface area contributed by atoms with Gasteiger partial charge in [0.2, 0.25) is 0 Å². The Hall–Kier alpha value is -1.59. The predicted molar refractivity (Wildman–Crippen MR) is 110 cm³/mol. The zero-order chi connectivity index (χ0) is 19.7. The number of amides is 1. The smallest absolute Gasteiger partial charge is 0.256 e. The lowest BCUT2D eigenvalue weighted by Gasteiger charge is -2.30. The van der Waals surface area contributed by atoms with Crippen molar-refractivity contribution in [2.45, 2.75) is 59.0 Å². The van der Waals surface area contributed by atoms with Gasteiger partial charge in [0.15, 0.2) is 0 Å². The van der Waals surface area contributed by atoms with Crippen LogP contribution >= 0.6 is 0 Å². The zero-order valence-corrected chi connectivity index (χ0v) is 17.4. The molecule has 1 amide bonds. The molecule has 0 unspecified atom stereocenters. The maximum absolute atomic E-state index is 12.6. The fraction of sp³-hybridized carbons (Fsp3) is 0.682. The van der Waals surface area contributed by atoms with Gasteiger partial charge in [-0.2, -0.15) is 0 Å². The normalized spacial score (nSPS) is 20.1. The van der Waals surface area contributed by atoms with Crippen molar-refractivity contribution in [3.05, 3.63) is 24.3 Å². The van der Waals surface area contributed by atoms with Gasteiger partial charge < -0.3 is 14.8 Å². The molecule has 1 aromatic rings. The van der Waals surface area contributed by atoms with Crippen molar-refractivity contribution in [2.24, 2.45) is 5.92 Å². The van der Waals surface area contributed by atoms with Gasteiger partial charge in [0, 0.05) is 25.4 Å². The van der Waals surface area contributed by atoms with Crippen LogP contribution in [-0.2, 0) is 9.53 Å². The number of piperidine rings is 1. The van der Waals surface area contributed by atoms with Crippen LogP contribution < -0.4 is 10.1 Å². The van der Waals surface area contributed by atoms with Crippen molar-refractivity contribution >= 4 is 11.6 Å². The maximum Gasteiger partial charge on any atom is 0.256 e. The topological polar surface area (TPSA) is 50.8 Å². The first-order chi connectivity index (χ1) is 13.0. The van der Waals surface area contributed by atoms with Gasteiger partial charge in [0.05, 0.1) is 0 Å². The quantitative estimate of drug-likeness (QED) is 0.660. The molecule has 0 aliphatic carbocycles. The van der Waals surface area contributed by atoms with E-state index in [1.165, 1.54) is 25.9 Å². The molecular weight excluding hydrogens is 340 g/mol. The molecule has 1 saturated heterocycles. The number of nitrogens with zero attached hydrogens (tertiary/aromatic N) is 1. The Morgan fingerprint density at radius 1 is 1.26 bits per heavy atom. The minimum atomic E-state index is -0.795. The molecule has 1 aromatic carbocycles. The Bertz CT molecular complexity index is 575. The molecule has 2 rings (SSSR count). The van der Waals surface area contributed by atoms with Crippen molar-refractivity contribution in [1.82, 2.24) is 4.90 Å². The lowest BCUT2D eigenvalue weighted by atomic mass is 10.0. The number of rotatable bonds is 10. The van der Waals surface area contributed by atoms with Gasteiger partial charge in [-0.3, -0.25) is 9.69 Å². The van der Waals surface area contributed by atoms with Crippen molar-refractivity contribution in [3.8, 4) is 5.75 Å². The monoisotopic (exact) mass is 376 g/mol. The molecule has 5 nitrogen and oxygen atoms in total. The summed E-state index contributed by atoms with van der Waals surface area (Å²) in [5.74, 6) is 1.52. The summed E-state index contributed by atoms with van der Waals surface area (Å²) < 4.78 is 11.6. The summed E-state index contributed by atoms with van der Waals surface area (Å²) in [6, 6.07) is 7.58. The van der Waals surface area contributed by atoms with E-state index in [2.05, 4.69) is 17.1 Å². The minimum Gasteiger partial charge on any atom is -0.492 e. The number of hydrogen-bond acceptors (Lipinski definition) is 4. The van der Waals surface area contributed by atoms with Crippen LogP contribution in [0.2, 0.25) is 0 Å². The van der Waals surface area contributed by atoms with Crippen LogP contribution in [0.3, 0.4) is 0 Å². The molecule has 0 spiro atoms. The SMILES string of the molecule is CCCO[C@](C)(CC)C(=O)Nc1ccc(OCCN2CCC[C@@H](C)C2)cc1. The average molecular weight is 377 g/mol. The van der Waals surface area contributed by atoms with Crippen LogP contribution in [-0.4, -0.2) is 49.3 Å². The van der Waals surface area contributed by atoms with E-state index in [-0.39, 0.29) is 5.91 Å². The Balaban J connectivity index is 1.79. The zero-order valence-electron chi connectivity index (χ0n) is 17.4. The number of nitrogens with one attached hydrogen (secondary N) is 1. The molecule has 152 valence electrons. The first kappa shape index (κ1) is 21.7. The van der Waals surface area contributed by atoms with Crippen LogP contribution in [0.1, 0.15) is 53.4 Å². The van der Waals surface area contributed by atoms with E-state index >= 15 is 0 Å². The summed E-state index contributed by atoms with van der Waals surface area (Å²) >= 11 is 0. The third kappa shape index (κ3) is 6.82. The molecule has 1 heterocycles. The van der Waals surface area contributed by atoms with E-state index < -0.39 is 5.60 Å². The minimum absolute atomic E-state index is 0.105. The largest absolute Gasteiger partial charge is 0.492 e. The van der Waals surface area contributed by atoms with E-state index in [0.29, 0.717) is 19.6 Å². The second kappa shape index (κ2) is 10.7. The van der Waals surface area contributed by atoms with E-state index in [4.69, 9.17) is 9.47 Å². The Labute approximate surface area is 164 Å². The molecule has 1 aliphatic rings. The van der Waals surface area contributed by atoms with Crippen LogP contribution in [0.25, 0.3) is 0 Å². The summed E-state index contributed by atoms with van der Waals surface area (Å²) in [5.41, 5.74) is -0.0338. The van der Waals surface area contributed by atoms with E-state index in [1.54, 1.807) is 0 Å². The second-order valence-electron chi connectivity index (χ2n) is 7.81. The summed E-state index contributed by atoms with van der Waals surface area (Å²) in [5, 5.41) is 2.95. The highest BCUT2D eigenvalue weighted by atomic mass is 16.5. The van der Waals surface area contributed by atoms with Gasteiger partial charge >= 0.3 is 0 Å². The van der Waals surface area contributed by atoms with Gasteiger partial charge in [0.25, 0.3) is 5.91 Å². The first-order valence-corrected chi connectivity index (χ1v) is 10.4. The number of carbonyl (C=O) groups excluding carboxylic acids is 1. The second-order valence-corrected chi connectivity index (χ2v) is 7.81. The van der Waals surface area contributed by atoms with Crippen LogP contribution in [0.15, 0.2) is 24.3 Å². The molecule has 0 saturated carbocycles. The lowest BCUT2D eigenvalue weighted by molar-refractivity contribution is -0.139.